The lowest BCUT2D eigenvalue weighted by molar-refractivity contribution is -0.169. The first kappa shape index (κ1) is 14.7. The zero-order valence-corrected chi connectivity index (χ0v) is 12.2. The van der Waals surface area contributed by atoms with Gasteiger partial charge in [-0.2, -0.15) is 0 Å². The molecule has 1 aromatic heterocycles. The fourth-order valence-corrected chi connectivity index (χ4v) is 2.36. The first-order valence-corrected chi connectivity index (χ1v) is 7.04. The summed E-state index contributed by atoms with van der Waals surface area (Å²) in [6.07, 6.45) is -0.765. The molecule has 6 heteroatoms. The number of hydrogen-bond acceptors (Lipinski definition) is 6. The minimum atomic E-state index is -0.765. The van der Waals surface area contributed by atoms with E-state index in [2.05, 4.69) is 0 Å². The Morgan fingerprint density at radius 2 is 2.09 bits per heavy atom. The number of para-hydroxylation sites is 1. The molecule has 0 unspecified atom stereocenters. The van der Waals surface area contributed by atoms with Crippen molar-refractivity contribution in [2.24, 2.45) is 0 Å². The Balaban J connectivity index is 1.66. The van der Waals surface area contributed by atoms with Crippen molar-refractivity contribution >= 4 is 22.7 Å². The molecule has 0 aliphatic carbocycles. The van der Waals surface area contributed by atoms with E-state index in [4.69, 9.17) is 18.6 Å². The maximum absolute atomic E-state index is 12.2. The van der Waals surface area contributed by atoms with Gasteiger partial charge in [0.05, 0.1) is 19.8 Å². The Hall–Kier alpha value is -2.18. The summed E-state index contributed by atoms with van der Waals surface area (Å²) >= 11 is 0. The van der Waals surface area contributed by atoms with E-state index in [1.165, 1.54) is 0 Å². The van der Waals surface area contributed by atoms with Gasteiger partial charge in [-0.3, -0.25) is 4.79 Å². The quantitative estimate of drug-likeness (QED) is 0.634. The van der Waals surface area contributed by atoms with Gasteiger partial charge in [-0.25, -0.2) is 4.79 Å². The zero-order chi connectivity index (χ0) is 15.5. The van der Waals surface area contributed by atoms with E-state index >= 15 is 0 Å². The van der Waals surface area contributed by atoms with Crippen LogP contribution in [0.2, 0.25) is 0 Å². The van der Waals surface area contributed by atoms with E-state index < -0.39 is 12.1 Å². The number of fused-ring (bicyclic) bond motifs is 1. The average molecular weight is 304 g/mol. The molecule has 1 atom stereocenters. The van der Waals surface area contributed by atoms with Crippen molar-refractivity contribution in [1.29, 1.82) is 0 Å². The van der Waals surface area contributed by atoms with Crippen molar-refractivity contribution in [1.82, 2.24) is 0 Å². The van der Waals surface area contributed by atoms with Crippen LogP contribution in [0.1, 0.15) is 16.1 Å². The molecule has 1 fully saturated rings. The van der Waals surface area contributed by atoms with Crippen molar-refractivity contribution in [3.8, 4) is 0 Å². The molecule has 1 saturated heterocycles. The van der Waals surface area contributed by atoms with E-state index in [1.807, 2.05) is 18.2 Å². The SMILES string of the molecule is Cc1c(C(=O)COC(=O)[C@@H]2COCCO2)oc2ccccc12. The fourth-order valence-electron chi connectivity index (χ4n) is 2.36. The highest BCUT2D eigenvalue weighted by Crippen LogP contribution is 2.25. The van der Waals surface area contributed by atoms with E-state index in [0.29, 0.717) is 18.8 Å². The molecular formula is C16H16O6. The predicted octanol–water partition coefficient (Wildman–Crippen LogP) is 1.88. The summed E-state index contributed by atoms with van der Waals surface area (Å²) in [5.74, 6) is -0.754. The summed E-state index contributed by atoms with van der Waals surface area (Å²) in [7, 11) is 0. The van der Waals surface area contributed by atoms with Crippen molar-refractivity contribution in [3.63, 3.8) is 0 Å². The second-order valence-electron chi connectivity index (χ2n) is 5.02. The summed E-state index contributed by atoms with van der Waals surface area (Å²) < 4.78 is 20.9. The van der Waals surface area contributed by atoms with Gasteiger partial charge in [-0.15, -0.1) is 0 Å². The molecule has 0 bridgehead atoms. The Morgan fingerprint density at radius 1 is 1.27 bits per heavy atom. The third-order valence-electron chi connectivity index (χ3n) is 3.52. The van der Waals surface area contributed by atoms with Gasteiger partial charge >= 0.3 is 5.97 Å². The summed E-state index contributed by atoms with van der Waals surface area (Å²) in [6.45, 7) is 2.38. The minimum Gasteiger partial charge on any atom is -0.455 e. The molecule has 116 valence electrons. The molecule has 0 radical (unpaired) electrons. The highest BCUT2D eigenvalue weighted by atomic mass is 16.6. The van der Waals surface area contributed by atoms with Crippen LogP contribution in [0.5, 0.6) is 0 Å². The highest BCUT2D eigenvalue weighted by molar-refractivity contribution is 6.01. The van der Waals surface area contributed by atoms with Crippen LogP contribution in [-0.2, 0) is 19.0 Å². The number of aryl methyl sites for hydroxylation is 1. The molecule has 1 aliphatic heterocycles. The third-order valence-corrected chi connectivity index (χ3v) is 3.52. The molecule has 2 heterocycles. The van der Waals surface area contributed by atoms with Gasteiger partial charge < -0.3 is 18.6 Å². The van der Waals surface area contributed by atoms with E-state index in [9.17, 15) is 9.59 Å². The normalized spacial score (nSPS) is 18.3. The van der Waals surface area contributed by atoms with Crippen LogP contribution in [0.3, 0.4) is 0 Å². The number of carbonyl (C=O) groups excluding carboxylic acids is 2. The van der Waals surface area contributed by atoms with Gasteiger partial charge in [-0.1, -0.05) is 18.2 Å². The van der Waals surface area contributed by atoms with Crippen LogP contribution < -0.4 is 0 Å². The first-order chi connectivity index (χ1) is 10.7. The molecule has 3 rings (SSSR count). The van der Waals surface area contributed by atoms with Gasteiger partial charge in [0.2, 0.25) is 5.78 Å². The number of ether oxygens (including phenoxy) is 3. The number of esters is 1. The molecule has 6 nitrogen and oxygen atoms in total. The number of hydrogen-bond donors (Lipinski definition) is 0. The lowest BCUT2D eigenvalue weighted by Gasteiger charge is -2.20. The lowest BCUT2D eigenvalue weighted by atomic mass is 10.1. The van der Waals surface area contributed by atoms with Crippen LogP contribution in [0, 0.1) is 6.92 Å². The number of furan rings is 1. The van der Waals surface area contributed by atoms with Gasteiger partial charge in [-0.05, 0) is 13.0 Å². The lowest BCUT2D eigenvalue weighted by Crippen LogP contribution is -2.37. The van der Waals surface area contributed by atoms with Crippen LogP contribution in [0.4, 0.5) is 0 Å². The van der Waals surface area contributed by atoms with Gasteiger partial charge in [0, 0.05) is 10.9 Å². The molecule has 0 spiro atoms. The van der Waals surface area contributed by atoms with Crippen molar-refractivity contribution in [3.05, 3.63) is 35.6 Å². The maximum atomic E-state index is 12.2. The highest BCUT2D eigenvalue weighted by Gasteiger charge is 2.26. The van der Waals surface area contributed by atoms with Gasteiger partial charge in [0.1, 0.15) is 5.58 Å². The summed E-state index contributed by atoms with van der Waals surface area (Å²) in [6, 6.07) is 7.38. The van der Waals surface area contributed by atoms with Gasteiger partial charge in [0.25, 0.3) is 0 Å². The summed E-state index contributed by atoms with van der Waals surface area (Å²) in [4.78, 5) is 24.0. The van der Waals surface area contributed by atoms with Crippen molar-refractivity contribution < 1.29 is 28.2 Å². The largest absolute Gasteiger partial charge is 0.455 e. The molecule has 2 aromatic rings. The summed E-state index contributed by atoms with van der Waals surface area (Å²) in [5.41, 5.74) is 1.38. The topological polar surface area (TPSA) is 75.0 Å². The number of ketones is 1. The van der Waals surface area contributed by atoms with E-state index in [-0.39, 0.29) is 24.8 Å². The van der Waals surface area contributed by atoms with Crippen LogP contribution in [-0.4, -0.2) is 44.3 Å². The van der Waals surface area contributed by atoms with E-state index in [1.54, 1.807) is 13.0 Å². The van der Waals surface area contributed by atoms with Gasteiger partial charge in [0.15, 0.2) is 18.5 Å². The molecule has 1 aliphatic rings. The Morgan fingerprint density at radius 3 is 2.82 bits per heavy atom. The number of Topliss-reactive ketones (excluding diaryl/α,β-unsaturated/α-hetero) is 1. The Kier molecular flexibility index (Phi) is 4.22. The predicted molar refractivity (Wildman–Crippen MR) is 76.8 cm³/mol. The molecule has 22 heavy (non-hydrogen) atoms. The molecule has 0 amide bonds. The molecule has 1 aromatic carbocycles. The van der Waals surface area contributed by atoms with Crippen LogP contribution in [0.15, 0.2) is 28.7 Å². The minimum absolute atomic E-state index is 0.149. The Labute approximate surface area is 126 Å². The maximum Gasteiger partial charge on any atom is 0.338 e. The molecule has 0 saturated carbocycles. The monoisotopic (exact) mass is 304 g/mol. The Bertz CT molecular complexity index is 696. The van der Waals surface area contributed by atoms with E-state index in [0.717, 1.165) is 10.9 Å². The number of carbonyl (C=O) groups is 2. The first-order valence-electron chi connectivity index (χ1n) is 7.04. The van der Waals surface area contributed by atoms with Crippen LogP contribution >= 0.6 is 0 Å². The van der Waals surface area contributed by atoms with Crippen LogP contribution in [0.25, 0.3) is 11.0 Å². The second kappa shape index (κ2) is 6.29. The summed E-state index contributed by atoms with van der Waals surface area (Å²) in [5, 5.41) is 0.876. The number of benzene rings is 1. The average Bonchev–Trinajstić information content (AvgIpc) is 2.90. The fraction of sp³-hybridized carbons (Fsp3) is 0.375. The second-order valence-corrected chi connectivity index (χ2v) is 5.02. The third kappa shape index (κ3) is 2.88. The molecule has 0 N–H and O–H groups in total. The molecular weight excluding hydrogens is 288 g/mol. The van der Waals surface area contributed by atoms with Crippen molar-refractivity contribution in [2.45, 2.75) is 13.0 Å². The zero-order valence-electron chi connectivity index (χ0n) is 12.2. The van der Waals surface area contributed by atoms with Crippen molar-refractivity contribution in [2.75, 3.05) is 26.4 Å². The number of rotatable bonds is 4. The smallest absolute Gasteiger partial charge is 0.338 e. The standard InChI is InChI=1S/C16H16O6/c1-10-11-4-2-3-5-13(11)22-15(10)12(17)8-21-16(18)14-9-19-6-7-20-14/h2-5,14H,6-9H2,1H3/t14-/m0/s1.